The Morgan fingerprint density at radius 1 is 1.36 bits per heavy atom. The summed E-state index contributed by atoms with van der Waals surface area (Å²) in [5.74, 6) is 1.27. The molecule has 0 spiro atoms. The molecular formula is C8H10N2O. The molecule has 0 atom stereocenters. The monoisotopic (exact) mass is 150 g/mol. The Morgan fingerprint density at radius 2 is 2.18 bits per heavy atom. The van der Waals surface area contributed by atoms with Crippen LogP contribution < -0.4 is 4.74 Å². The maximum absolute atomic E-state index is 4.90. The molecule has 0 aromatic carbocycles. The molecule has 3 heteroatoms. The minimum Gasteiger partial charge on any atom is -0.480 e. The first-order chi connectivity index (χ1) is 5.40. The summed E-state index contributed by atoms with van der Waals surface area (Å²) in [6.45, 7) is 0. The largest absolute Gasteiger partial charge is 0.480 e. The zero-order valence-electron chi connectivity index (χ0n) is 6.45. The number of ether oxygens (including phenoxy) is 1. The van der Waals surface area contributed by atoms with Gasteiger partial charge in [0.25, 0.3) is 0 Å². The van der Waals surface area contributed by atoms with Crippen LogP contribution in [0.25, 0.3) is 0 Å². The Hall–Kier alpha value is -1.12. The fraction of sp³-hybridized carbons (Fsp3) is 0.500. The van der Waals surface area contributed by atoms with E-state index in [9.17, 15) is 0 Å². The highest BCUT2D eigenvalue weighted by Gasteiger charge is 2.25. The van der Waals surface area contributed by atoms with Crippen molar-refractivity contribution in [1.82, 2.24) is 10.2 Å². The summed E-state index contributed by atoms with van der Waals surface area (Å²) in [6.07, 6.45) is 2.53. The van der Waals surface area contributed by atoms with Crippen molar-refractivity contribution in [3.05, 3.63) is 17.8 Å². The second-order valence-electron chi connectivity index (χ2n) is 2.77. The highest BCUT2D eigenvalue weighted by Crippen LogP contribution is 2.38. The highest BCUT2D eigenvalue weighted by molar-refractivity contribution is 5.17. The lowest BCUT2D eigenvalue weighted by atomic mass is 10.3. The van der Waals surface area contributed by atoms with Gasteiger partial charge in [-0.05, 0) is 18.9 Å². The van der Waals surface area contributed by atoms with Crippen LogP contribution in [0.2, 0.25) is 0 Å². The molecule has 58 valence electrons. The molecule has 0 unspecified atom stereocenters. The van der Waals surface area contributed by atoms with Crippen molar-refractivity contribution < 1.29 is 4.74 Å². The van der Waals surface area contributed by atoms with Crippen molar-refractivity contribution in [1.29, 1.82) is 0 Å². The van der Waals surface area contributed by atoms with Gasteiger partial charge in [-0.2, -0.15) is 5.10 Å². The van der Waals surface area contributed by atoms with Crippen molar-refractivity contribution in [3.63, 3.8) is 0 Å². The minimum absolute atomic E-state index is 0.592. The van der Waals surface area contributed by atoms with E-state index in [-0.39, 0.29) is 0 Å². The van der Waals surface area contributed by atoms with Gasteiger partial charge in [-0.15, -0.1) is 5.10 Å². The number of rotatable bonds is 2. The summed E-state index contributed by atoms with van der Waals surface area (Å²) < 4.78 is 4.90. The molecular weight excluding hydrogens is 140 g/mol. The lowest BCUT2D eigenvalue weighted by molar-refractivity contribution is 0.391. The Morgan fingerprint density at radius 3 is 2.64 bits per heavy atom. The molecule has 0 aliphatic heterocycles. The number of hydrogen-bond acceptors (Lipinski definition) is 3. The molecule has 0 N–H and O–H groups in total. The van der Waals surface area contributed by atoms with E-state index in [1.807, 2.05) is 12.1 Å². The zero-order valence-corrected chi connectivity index (χ0v) is 6.45. The second kappa shape index (κ2) is 2.49. The Balaban J connectivity index is 2.19. The van der Waals surface area contributed by atoms with Crippen LogP contribution in [0.15, 0.2) is 12.1 Å². The summed E-state index contributed by atoms with van der Waals surface area (Å²) in [5.41, 5.74) is 1.10. The maximum atomic E-state index is 4.90. The van der Waals surface area contributed by atoms with Gasteiger partial charge in [0.1, 0.15) is 0 Å². The molecule has 11 heavy (non-hydrogen) atoms. The van der Waals surface area contributed by atoms with Crippen LogP contribution in [-0.4, -0.2) is 17.3 Å². The first-order valence-corrected chi connectivity index (χ1v) is 3.78. The van der Waals surface area contributed by atoms with E-state index < -0.39 is 0 Å². The smallest absolute Gasteiger partial charge is 0.233 e. The fourth-order valence-electron chi connectivity index (χ4n) is 1.04. The number of methoxy groups -OCH3 is 1. The van der Waals surface area contributed by atoms with E-state index in [1.54, 1.807) is 7.11 Å². The van der Waals surface area contributed by atoms with Crippen molar-refractivity contribution in [2.45, 2.75) is 18.8 Å². The van der Waals surface area contributed by atoms with E-state index in [1.165, 1.54) is 12.8 Å². The Labute approximate surface area is 65.4 Å². The predicted molar refractivity (Wildman–Crippen MR) is 40.6 cm³/mol. The van der Waals surface area contributed by atoms with Gasteiger partial charge in [0.15, 0.2) is 0 Å². The molecule has 0 saturated heterocycles. The van der Waals surface area contributed by atoms with Crippen LogP contribution >= 0.6 is 0 Å². The molecule has 1 aromatic rings. The summed E-state index contributed by atoms with van der Waals surface area (Å²) in [4.78, 5) is 0. The van der Waals surface area contributed by atoms with Gasteiger partial charge < -0.3 is 4.74 Å². The zero-order chi connectivity index (χ0) is 7.68. The normalized spacial score (nSPS) is 16.5. The molecule has 1 aliphatic carbocycles. The molecule has 0 bridgehead atoms. The standard InChI is InChI=1S/C8H10N2O/c1-11-8-5-4-7(9-10-8)6-2-3-6/h4-6H,2-3H2,1H3. The van der Waals surface area contributed by atoms with Gasteiger partial charge >= 0.3 is 0 Å². The summed E-state index contributed by atoms with van der Waals surface area (Å²) in [5, 5.41) is 7.92. The van der Waals surface area contributed by atoms with E-state index >= 15 is 0 Å². The van der Waals surface area contributed by atoms with E-state index in [0.29, 0.717) is 11.8 Å². The molecule has 1 saturated carbocycles. The van der Waals surface area contributed by atoms with Crippen molar-refractivity contribution in [2.75, 3.05) is 7.11 Å². The van der Waals surface area contributed by atoms with Crippen LogP contribution in [0.5, 0.6) is 5.88 Å². The topological polar surface area (TPSA) is 35.0 Å². The summed E-state index contributed by atoms with van der Waals surface area (Å²) in [6, 6.07) is 3.85. The Kier molecular flexibility index (Phi) is 1.49. The van der Waals surface area contributed by atoms with Gasteiger partial charge in [-0.25, -0.2) is 0 Å². The van der Waals surface area contributed by atoms with Crippen LogP contribution in [0.4, 0.5) is 0 Å². The van der Waals surface area contributed by atoms with Crippen LogP contribution in [-0.2, 0) is 0 Å². The number of hydrogen-bond donors (Lipinski definition) is 0. The molecule has 3 nitrogen and oxygen atoms in total. The van der Waals surface area contributed by atoms with E-state index in [4.69, 9.17) is 4.74 Å². The summed E-state index contributed by atoms with van der Waals surface area (Å²) >= 11 is 0. The molecule has 1 aliphatic rings. The lowest BCUT2D eigenvalue weighted by Crippen LogP contribution is -1.93. The third-order valence-corrected chi connectivity index (χ3v) is 1.87. The van der Waals surface area contributed by atoms with Gasteiger partial charge in [-0.3, -0.25) is 0 Å². The summed E-state index contributed by atoms with van der Waals surface area (Å²) in [7, 11) is 1.60. The quantitative estimate of drug-likeness (QED) is 0.638. The first kappa shape index (κ1) is 6.58. The van der Waals surface area contributed by atoms with E-state index in [0.717, 1.165) is 5.69 Å². The first-order valence-electron chi connectivity index (χ1n) is 3.78. The number of aromatic nitrogens is 2. The van der Waals surface area contributed by atoms with Crippen LogP contribution in [0.1, 0.15) is 24.5 Å². The average molecular weight is 150 g/mol. The molecule has 1 aromatic heterocycles. The van der Waals surface area contributed by atoms with E-state index in [2.05, 4.69) is 10.2 Å². The Bertz CT molecular complexity index is 241. The van der Waals surface area contributed by atoms with Gasteiger partial charge in [0.05, 0.1) is 12.8 Å². The molecule has 0 radical (unpaired) electrons. The average Bonchev–Trinajstić information content (AvgIpc) is 2.87. The van der Waals surface area contributed by atoms with Gasteiger partial charge in [0.2, 0.25) is 5.88 Å². The predicted octanol–water partition coefficient (Wildman–Crippen LogP) is 1.36. The number of nitrogens with zero attached hydrogens (tertiary/aromatic N) is 2. The fourth-order valence-corrected chi connectivity index (χ4v) is 1.04. The van der Waals surface area contributed by atoms with Gasteiger partial charge in [-0.1, -0.05) is 0 Å². The molecule has 1 heterocycles. The van der Waals surface area contributed by atoms with Crippen LogP contribution in [0, 0.1) is 0 Å². The third kappa shape index (κ3) is 1.31. The third-order valence-electron chi connectivity index (χ3n) is 1.87. The van der Waals surface area contributed by atoms with Crippen molar-refractivity contribution in [2.24, 2.45) is 0 Å². The highest BCUT2D eigenvalue weighted by atomic mass is 16.5. The maximum Gasteiger partial charge on any atom is 0.233 e. The molecule has 2 rings (SSSR count). The second-order valence-corrected chi connectivity index (χ2v) is 2.77. The van der Waals surface area contributed by atoms with Gasteiger partial charge in [0, 0.05) is 12.0 Å². The molecule has 0 amide bonds. The van der Waals surface area contributed by atoms with Crippen molar-refractivity contribution in [3.8, 4) is 5.88 Å². The van der Waals surface area contributed by atoms with Crippen molar-refractivity contribution >= 4 is 0 Å². The minimum atomic E-state index is 0.592. The lowest BCUT2D eigenvalue weighted by Gasteiger charge is -1.97. The SMILES string of the molecule is COc1ccc(C2CC2)nn1. The van der Waals surface area contributed by atoms with Crippen LogP contribution in [0.3, 0.4) is 0 Å². The molecule has 1 fully saturated rings.